The summed E-state index contributed by atoms with van der Waals surface area (Å²) in [6.07, 6.45) is 4.87. The molecule has 0 aliphatic carbocycles. The molecule has 0 radical (unpaired) electrons. The average molecular weight is 337 g/mol. The van der Waals surface area contributed by atoms with Gasteiger partial charge in [-0.25, -0.2) is 0 Å². The Morgan fingerprint density at radius 1 is 1.11 bits per heavy atom. The molecule has 0 saturated carbocycles. The number of carbonyl (C=O) groups excluding carboxylic acids is 1. The van der Waals surface area contributed by atoms with Gasteiger partial charge in [0.05, 0.1) is 5.97 Å². The second-order valence-electron chi connectivity index (χ2n) is 3.43. The van der Waals surface area contributed by atoms with Crippen molar-refractivity contribution in [3.8, 4) is 0 Å². The van der Waals surface area contributed by atoms with Gasteiger partial charge in [0.25, 0.3) is 0 Å². The van der Waals surface area contributed by atoms with Crippen molar-refractivity contribution in [2.75, 3.05) is 24.0 Å². The number of thioether (sulfide) groups is 2. The van der Waals surface area contributed by atoms with Gasteiger partial charge in [-0.2, -0.15) is 23.5 Å². The summed E-state index contributed by atoms with van der Waals surface area (Å²) < 4.78 is 0. The first-order valence-corrected chi connectivity index (χ1v) is 8.08. The maximum atomic E-state index is 10.1. The fourth-order valence-electron chi connectivity index (χ4n) is 0.731. The number of carbonyl (C=O) groups is 2. The molecule has 2 atom stereocenters. The van der Waals surface area contributed by atoms with Crippen LogP contribution < -0.4 is 68.0 Å². The number of carboxylic acids is 2. The third-order valence-electron chi connectivity index (χ3n) is 1.89. The van der Waals surface area contributed by atoms with Crippen molar-refractivity contribution in [2.45, 2.75) is 24.9 Å². The Labute approximate surface area is 165 Å². The van der Waals surface area contributed by atoms with Crippen molar-refractivity contribution in [3.63, 3.8) is 0 Å². The van der Waals surface area contributed by atoms with Gasteiger partial charge in [-0.3, -0.25) is 4.79 Å². The zero-order valence-corrected chi connectivity index (χ0v) is 16.4. The Hall–Kier alpha value is 1.20. The summed E-state index contributed by atoms with van der Waals surface area (Å²) in [6.45, 7) is 0. The molecule has 0 heterocycles. The van der Waals surface area contributed by atoms with Crippen LogP contribution in [0.3, 0.4) is 0 Å². The monoisotopic (exact) mass is 336 g/mol. The van der Waals surface area contributed by atoms with Gasteiger partial charge in [0, 0.05) is 6.04 Å². The van der Waals surface area contributed by atoms with Crippen LogP contribution >= 0.6 is 23.5 Å². The van der Waals surface area contributed by atoms with Crippen LogP contribution in [0.15, 0.2) is 0 Å². The van der Waals surface area contributed by atoms with Gasteiger partial charge in [-0.05, 0) is 36.9 Å². The number of nitrogens with two attached hydrogens (primary N) is 2. The van der Waals surface area contributed by atoms with Crippen molar-refractivity contribution in [3.05, 3.63) is 0 Å². The molecule has 0 saturated heterocycles. The zero-order chi connectivity index (χ0) is 14.6. The van der Waals surface area contributed by atoms with Crippen LogP contribution in [0.25, 0.3) is 0 Å². The second-order valence-corrected chi connectivity index (χ2v) is 5.40. The minimum Gasteiger partial charge on any atom is -0.548 e. The van der Waals surface area contributed by atoms with Crippen molar-refractivity contribution < 1.29 is 71.2 Å². The van der Waals surface area contributed by atoms with E-state index in [1.165, 1.54) is 0 Å². The summed E-state index contributed by atoms with van der Waals surface area (Å²) in [6, 6.07) is -1.48. The molecule has 0 aromatic carbocycles. The van der Waals surface area contributed by atoms with Crippen molar-refractivity contribution in [1.29, 1.82) is 0 Å². The third-order valence-corrected chi connectivity index (χ3v) is 3.17. The Bertz CT molecular complexity index is 224. The normalized spacial score (nSPS) is 12.4. The fourth-order valence-corrected chi connectivity index (χ4v) is 1.71. The number of carboxylic acid groups (broad SMARTS) is 2. The van der Waals surface area contributed by atoms with Gasteiger partial charge in [0.1, 0.15) is 6.04 Å². The Balaban J connectivity index is -0.000000256. The van der Waals surface area contributed by atoms with E-state index < -0.39 is 24.0 Å². The fraction of sp³-hybridized carbons (Fsp3) is 0.800. The Morgan fingerprint density at radius 3 is 1.74 bits per heavy atom. The molecular weight excluding hydrogens is 315 g/mol. The summed E-state index contributed by atoms with van der Waals surface area (Å²) in [7, 11) is 0. The van der Waals surface area contributed by atoms with E-state index in [1.807, 2.05) is 12.5 Å². The summed E-state index contributed by atoms with van der Waals surface area (Å²) >= 11 is 3.18. The largest absolute Gasteiger partial charge is 1.00 e. The SMILES string of the molecule is CSCCC(N)C(=O)O.CSCCC(N)C(=O)[O-].[K+]. The van der Waals surface area contributed by atoms with Crippen LogP contribution in [0, 0.1) is 0 Å². The van der Waals surface area contributed by atoms with Crippen molar-refractivity contribution in [1.82, 2.24) is 0 Å². The molecule has 108 valence electrons. The molecule has 9 heteroatoms. The van der Waals surface area contributed by atoms with Gasteiger partial charge in [0.15, 0.2) is 0 Å². The molecule has 0 rings (SSSR count). The first kappa shape index (κ1) is 25.2. The van der Waals surface area contributed by atoms with E-state index in [0.717, 1.165) is 11.5 Å². The first-order chi connectivity index (χ1) is 8.36. The quantitative estimate of drug-likeness (QED) is 0.382. The Morgan fingerprint density at radius 2 is 1.47 bits per heavy atom. The molecule has 0 fully saturated rings. The Kier molecular flexibility index (Phi) is 22.8. The number of aliphatic carboxylic acids is 2. The summed E-state index contributed by atoms with van der Waals surface area (Å²) in [5, 5.41) is 18.2. The van der Waals surface area contributed by atoms with E-state index in [-0.39, 0.29) is 51.4 Å². The smallest absolute Gasteiger partial charge is 0.548 e. The van der Waals surface area contributed by atoms with E-state index in [2.05, 4.69) is 0 Å². The maximum Gasteiger partial charge on any atom is 1.00 e. The predicted molar refractivity (Wildman–Crippen MR) is 74.6 cm³/mol. The molecule has 0 aliphatic rings. The summed E-state index contributed by atoms with van der Waals surface area (Å²) in [4.78, 5) is 20.0. The van der Waals surface area contributed by atoms with E-state index in [0.29, 0.717) is 12.8 Å². The maximum absolute atomic E-state index is 10.1. The average Bonchev–Trinajstić information content (AvgIpc) is 2.33. The van der Waals surface area contributed by atoms with Crippen LogP contribution in [0.2, 0.25) is 0 Å². The third kappa shape index (κ3) is 19.2. The van der Waals surface area contributed by atoms with Crippen LogP contribution in [-0.2, 0) is 9.59 Å². The molecule has 0 aromatic rings. The molecule has 0 bridgehead atoms. The molecule has 0 amide bonds. The van der Waals surface area contributed by atoms with Gasteiger partial charge in [-0.1, -0.05) is 0 Å². The van der Waals surface area contributed by atoms with Gasteiger partial charge < -0.3 is 26.5 Å². The summed E-state index contributed by atoms with van der Waals surface area (Å²) in [5.74, 6) is -0.490. The standard InChI is InChI=1S/2C5H11NO2S.K/c2*1-9-3-2-4(6)5(7)8;/h2*4H,2-3,6H2,1H3,(H,7,8);/q;;+1/p-1. The molecular formula is C10H21KN2O4S2. The van der Waals surface area contributed by atoms with Gasteiger partial charge in [-0.15, -0.1) is 0 Å². The molecule has 2 unspecified atom stereocenters. The van der Waals surface area contributed by atoms with E-state index >= 15 is 0 Å². The number of rotatable bonds is 8. The van der Waals surface area contributed by atoms with Crippen LogP contribution in [0.5, 0.6) is 0 Å². The molecule has 5 N–H and O–H groups in total. The minimum atomic E-state index is -1.16. The van der Waals surface area contributed by atoms with Crippen LogP contribution in [-0.4, -0.2) is 53.1 Å². The molecule has 0 spiro atoms. The zero-order valence-electron chi connectivity index (χ0n) is 11.6. The second kappa shape index (κ2) is 17.2. The number of hydrogen-bond acceptors (Lipinski definition) is 7. The molecule has 19 heavy (non-hydrogen) atoms. The van der Waals surface area contributed by atoms with E-state index in [9.17, 15) is 14.7 Å². The molecule has 6 nitrogen and oxygen atoms in total. The van der Waals surface area contributed by atoms with Gasteiger partial charge >= 0.3 is 57.4 Å². The van der Waals surface area contributed by atoms with Gasteiger partial charge in [0.2, 0.25) is 0 Å². The topological polar surface area (TPSA) is 129 Å². The van der Waals surface area contributed by atoms with E-state index in [1.54, 1.807) is 23.5 Å². The number of hydrogen-bond donors (Lipinski definition) is 3. The van der Waals surface area contributed by atoms with Crippen LogP contribution in [0.1, 0.15) is 12.8 Å². The van der Waals surface area contributed by atoms with Crippen LogP contribution in [0.4, 0.5) is 0 Å². The first-order valence-electron chi connectivity index (χ1n) is 5.29. The minimum absolute atomic E-state index is 0. The van der Waals surface area contributed by atoms with E-state index in [4.69, 9.17) is 16.6 Å². The van der Waals surface area contributed by atoms with Crippen molar-refractivity contribution >= 4 is 35.5 Å². The molecule has 0 aromatic heterocycles. The predicted octanol–water partition coefficient (Wildman–Crippen LogP) is -4.03. The summed E-state index contributed by atoms with van der Waals surface area (Å²) in [5.41, 5.74) is 10.3. The molecule has 0 aliphatic heterocycles. The van der Waals surface area contributed by atoms with Crippen molar-refractivity contribution in [2.24, 2.45) is 11.5 Å².